The molecule has 0 aliphatic heterocycles. The van der Waals surface area contributed by atoms with Gasteiger partial charge in [-0.05, 0) is 40.4 Å². The minimum absolute atomic E-state index is 0.432. The smallest absolute Gasteiger partial charge is 0.129 e. The predicted molar refractivity (Wildman–Crippen MR) is 67.7 cm³/mol. The van der Waals surface area contributed by atoms with Gasteiger partial charge >= 0.3 is 0 Å². The zero-order valence-corrected chi connectivity index (χ0v) is 10.7. The van der Waals surface area contributed by atoms with Gasteiger partial charge in [-0.15, -0.1) is 0 Å². The Morgan fingerprint density at radius 2 is 2.12 bits per heavy atom. The van der Waals surface area contributed by atoms with Crippen LogP contribution in [0.4, 0.5) is 5.82 Å². The molecular weight excluding hydrogens is 200 g/mol. The summed E-state index contributed by atoms with van der Waals surface area (Å²) in [5.74, 6) is 0.929. The fourth-order valence-corrected chi connectivity index (χ4v) is 1.45. The second-order valence-electron chi connectivity index (χ2n) is 4.39. The van der Waals surface area contributed by atoms with E-state index in [1.54, 1.807) is 6.33 Å². The molecule has 1 aromatic heterocycles. The first-order valence-corrected chi connectivity index (χ1v) is 5.84. The summed E-state index contributed by atoms with van der Waals surface area (Å²) >= 11 is 0. The molecule has 1 rings (SSSR count). The molecule has 0 amide bonds. The van der Waals surface area contributed by atoms with Crippen molar-refractivity contribution >= 4 is 5.82 Å². The molecule has 16 heavy (non-hydrogen) atoms. The van der Waals surface area contributed by atoms with E-state index in [0.717, 1.165) is 30.9 Å². The van der Waals surface area contributed by atoms with Crippen molar-refractivity contribution in [1.82, 2.24) is 14.9 Å². The van der Waals surface area contributed by atoms with E-state index in [4.69, 9.17) is 0 Å². The van der Waals surface area contributed by atoms with Crippen molar-refractivity contribution in [3.63, 3.8) is 0 Å². The maximum Gasteiger partial charge on any atom is 0.129 e. The van der Waals surface area contributed by atoms with E-state index >= 15 is 0 Å². The third kappa shape index (κ3) is 4.57. The number of aryl methyl sites for hydroxylation is 1. The highest BCUT2D eigenvalue weighted by atomic mass is 15.1. The van der Waals surface area contributed by atoms with Gasteiger partial charge in [0.15, 0.2) is 0 Å². The van der Waals surface area contributed by atoms with E-state index in [2.05, 4.69) is 48.1 Å². The quantitative estimate of drug-likeness (QED) is 0.796. The minimum atomic E-state index is 0.432. The van der Waals surface area contributed by atoms with Crippen molar-refractivity contribution in [2.24, 2.45) is 0 Å². The Morgan fingerprint density at radius 3 is 2.75 bits per heavy atom. The molecule has 1 atom stereocenters. The van der Waals surface area contributed by atoms with Crippen molar-refractivity contribution in [2.45, 2.75) is 32.7 Å². The van der Waals surface area contributed by atoms with Gasteiger partial charge in [0.2, 0.25) is 0 Å². The lowest BCUT2D eigenvalue weighted by Crippen LogP contribution is -2.23. The number of nitrogens with zero attached hydrogens (tertiary/aromatic N) is 3. The van der Waals surface area contributed by atoms with Crippen molar-refractivity contribution < 1.29 is 0 Å². The Morgan fingerprint density at radius 1 is 1.38 bits per heavy atom. The standard InChI is InChI=1S/C12H22N4/c1-5-11-8-12(14-9-13-11)15-10(2)6-7-16(3)4/h8-10H,5-7H2,1-4H3,(H,13,14,15). The van der Waals surface area contributed by atoms with Gasteiger partial charge in [0.25, 0.3) is 0 Å². The van der Waals surface area contributed by atoms with Crippen LogP contribution in [-0.4, -0.2) is 41.5 Å². The average Bonchev–Trinajstić information content (AvgIpc) is 2.26. The molecule has 0 aromatic carbocycles. The van der Waals surface area contributed by atoms with Crippen LogP contribution in [0.1, 0.15) is 26.0 Å². The zero-order valence-electron chi connectivity index (χ0n) is 10.7. The van der Waals surface area contributed by atoms with Gasteiger partial charge in [0.05, 0.1) is 0 Å². The lowest BCUT2D eigenvalue weighted by atomic mass is 10.2. The molecule has 1 heterocycles. The fraction of sp³-hybridized carbons (Fsp3) is 0.667. The van der Waals surface area contributed by atoms with Crippen LogP contribution >= 0.6 is 0 Å². The Bertz CT molecular complexity index is 312. The minimum Gasteiger partial charge on any atom is -0.367 e. The molecule has 0 spiro atoms. The monoisotopic (exact) mass is 222 g/mol. The Labute approximate surface area is 98.1 Å². The number of aromatic nitrogens is 2. The highest BCUT2D eigenvalue weighted by Gasteiger charge is 2.04. The Balaban J connectivity index is 2.45. The molecule has 4 heteroatoms. The van der Waals surface area contributed by atoms with Crippen LogP contribution in [0.3, 0.4) is 0 Å². The second kappa shape index (κ2) is 6.43. The molecule has 0 saturated heterocycles. The maximum atomic E-state index is 4.22. The van der Waals surface area contributed by atoms with E-state index in [-0.39, 0.29) is 0 Å². The van der Waals surface area contributed by atoms with Crippen LogP contribution in [0, 0.1) is 0 Å². The largest absolute Gasteiger partial charge is 0.367 e. The lowest BCUT2D eigenvalue weighted by molar-refractivity contribution is 0.390. The van der Waals surface area contributed by atoms with Crippen molar-refractivity contribution in [3.8, 4) is 0 Å². The summed E-state index contributed by atoms with van der Waals surface area (Å²) in [6, 6.07) is 2.45. The van der Waals surface area contributed by atoms with Crippen molar-refractivity contribution in [2.75, 3.05) is 26.0 Å². The van der Waals surface area contributed by atoms with Gasteiger partial charge in [-0.3, -0.25) is 0 Å². The van der Waals surface area contributed by atoms with E-state index in [1.165, 1.54) is 0 Å². The Hall–Kier alpha value is -1.16. The van der Waals surface area contributed by atoms with Gasteiger partial charge in [0, 0.05) is 17.8 Å². The topological polar surface area (TPSA) is 41.0 Å². The summed E-state index contributed by atoms with van der Waals surface area (Å²) in [5.41, 5.74) is 1.08. The molecule has 0 fully saturated rings. The maximum absolute atomic E-state index is 4.22. The molecule has 1 aromatic rings. The molecule has 0 radical (unpaired) electrons. The average molecular weight is 222 g/mol. The number of nitrogens with one attached hydrogen (secondary N) is 1. The molecule has 4 nitrogen and oxygen atoms in total. The number of hydrogen-bond acceptors (Lipinski definition) is 4. The van der Waals surface area contributed by atoms with Crippen LogP contribution in [0.25, 0.3) is 0 Å². The van der Waals surface area contributed by atoms with Crippen LogP contribution in [0.2, 0.25) is 0 Å². The van der Waals surface area contributed by atoms with Gasteiger partial charge in [-0.25, -0.2) is 9.97 Å². The summed E-state index contributed by atoms with van der Waals surface area (Å²) in [6.07, 6.45) is 3.68. The SMILES string of the molecule is CCc1cc(NC(C)CCN(C)C)ncn1. The summed E-state index contributed by atoms with van der Waals surface area (Å²) in [7, 11) is 4.18. The summed E-state index contributed by atoms with van der Waals surface area (Å²) in [6.45, 7) is 5.36. The number of hydrogen-bond donors (Lipinski definition) is 1. The Kier molecular flexibility index (Phi) is 5.19. The number of anilines is 1. The molecule has 1 unspecified atom stereocenters. The van der Waals surface area contributed by atoms with Gasteiger partial charge in [0.1, 0.15) is 12.1 Å². The predicted octanol–water partition coefficient (Wildman–Crippen LogP) is 1.79. The zero-order chi connectivity index (χ0) is 12.0. The van der Waals surface area contributed by atoms with E-state index in [1.807, 2.05) is 6.07 Å². The van der Waals surface area contributed by atoms with E-state index < -0.39 is 0 Å². The van der Waals surface area contributed by atoms with Crippen LogP contribution in [0.5, 0.6) is 0 Å². The van der Waals surface area contributed by atoms with Crippen LogP contribution < -0.4 is 5.32 Å². The fourth-order valence-electron chi connectivity index (χ4n) is 1.45. The second-order valence-corrected chi connectivity index (χ2v) is 4.39. The molecule has 90 valence electrons. The highest BCUT2D eigenvalue weighted by molar-refractivity contribution is 5.35. The van der Waals surface area contributed by atoms with Crippen molar-refractivity contribution in [3.05, 3.63) is 18.1 Å². The molecule has 0 saturated carbocycles. The summed E-state index contributed by atoms with van der Waals surface area (Å²) in [5, 5.41) is 3.39. The van der Waals surface area contributed by atoms with Crippen LogP contribution in [0.15, 0.2) is 12.4 Å². The molecule has 1 N–H and O–H groups in total. The molecule has 0 aliphatic carbocycles. The van der Waals surface area contributed by atoms with Crippen LogP contribution in [-0.2, 0) is 6.42 Å². The third-order valence-electron chi connectivity index (χ3n) is 2.49. The molecule has 0 aliphatic rings. The first-order valence-electron chi connectivity index (χ1n) is 5.84. The van der Waals surface area contributed by atoms with E-state index in [0.29, 0.717) is 6.04 Å². The van der Waals surface area contributed by atoms with Gasteiger partial charge in [-0.2, -0.15) is 0 Å². The van der Waals surface area contributed by atoms with E-state index in [9.17, 15) is 0 Å². The first kappa shape index (κ1) is 12.9. The summed E-state index contributed by atoms with van der Waals surface area (Å²) in [4.78, 5) is 10.6. The third-order valence-corrected chi connectivity index (χ3v) is 2.49. The molecular formula is C12H22N4. The lowest BCUT2D eigenvalue weighted by Gasteiger charge is -2.17. The normalized spacial score (nSPS) is 12.8. The number of rotatable bonds is 6. The van der Waals surface area contributed by atoms with Gasteiger partial charge in [-0.1, -0.05) is 6.92 Å². The van der Waals surface area contributed by atoms with Crippen molar-refractivity contribution in [1.29, 1.82) is 0 Å². The molecule has 0 bridgehead atoms. The highest BCUT2D eigenvalue weighted by Crippen LogP contribution is 2.07. The first-order chi connectivity index (χ1) is 7.61. The van der Waals surface area contributed by atoms with Gasteiger partial charge < -0.3 is 10.2 Å². The summed E-state index contributed by atoms with van der Waals surface area (Å²) < 4.78 is 0.